The Kier molecular flexibility index (Phi) is 6.56. The first-order valence-electron chi connectivity index (χ1n) is 7.15. The molecule has 0 radical (unpaired) electrons. The Morgan fingerprint density at radius 2 is 2.12 bits per heavy atom. The highest BCUT2D eigenvalue weighted by molar-refractivity contribution is 5.76. The van der Waals surface area contributed by atoms with Gasteiger partial charge in [0.1, 0.15) is 0 Å². The van der Waals surface area contributed by atoms with Crippen molar-refractivity contribution in [2.24, 2.45) is 17.6 Å². The summed E-state index contributed by atoms with van der Waals surface area (Å²) >= 11 is 0. The number of nitrogens with one attached hydrogen (secondary N) is 1. The Bertz CT molecular complexity index is 226. The van der Waals surface area contributed by atoms with E-state index in [0.717, 1.165) is 38.1 Å². The van der Waals surface area contributed by atoms with Crippen LogP contribution in [0, 0.1) is 11.8 Å². The first-order valence-corrected chi connectivity index (χ1v) is 7.15. The summed E-state index contributed by atoms with van der Waals surface area (Å²) < 4.78 is 0. The minimum Gasteiger partial charge on any atom is -0.354 e. The molecule has 17 heavy (non-hydrogen) atoms. The SMILES string of the molecule is CCC(CCN)CCC(=O)NC(C)CC1CC1. The maximum Gasteiger partial charge on any atom is 0.220 e. The van der Waals surface area contributed by atoms with E-state index in [9.17, 15) is 4.79 Å². The van der Waals surface area contributed by atoms with Crippen LogP contribution in [0.15, 0.2) is 0 Å². The molecule has 2 atom stereocenters. The van der Waals surface area contributed by atoms with E-state index in [2.05, 4.69) is 19.2 Å². The second-order valence-corrected chi connectivity index (χ2v) is 5.54. The van der Waals surface area contributed by atoms with Crippen molar-refractivity contribution in [1.29, 1.82) is 0 Å². The lowest BCUT2D eigenvalue weighted by atomic mass is 9.96. The molecule has 1 fully saturated rings. The van der Waals surface area contributed by atoms with Crippen molar-refractivity contribution in [2.45, 2.75) is 64.8 Å². The number of amides is 1. The summed E-state index contributed by atoms with van der Waals surface area (Å²) in [6.45, 7) is 5.03. The standard InChI is InChI=1S/C14H28N2O/c1-3-12(8-9-15)6-7-14(17)16-11(2)10-13-4-5-13/h11-13H,3-10,15H2,1-2H3,(H,16,17). The van der Waals surface area contributed by atoms with Gasteiger partial charge in [0.05, 0.1) is 0 Å². The molecule has 1 saturated carbocycles. The van der Waals surface area contributed by atoms with Crippen molar-refractivity contribution in [3.8, 4) is 0 Å². The molecule has 1 rings (SSSR count). The van der Waals surface area contributed by atoms with Crippen molar-refractivity contribution >= 4 is 5.91 Å². The third kappa shape index (κ3) is 6.67. The second-order valence-electron chi connectivity index (χ2n) is 5.54. The van der Waals surface area contributed by atoms with Crippen LogP contribution in [0.5, 0.6) is 0 Å². The molecule has 1 aliphatic rings. The Morgan fingerprint density at radius 1 is 1.41 bits per heavy atom. The number of rotatable bonds is 9. The fourth-order valence-corrected chi connectivity index (χ4v) is 2.38. The second kappa shape index (κ2) is 7.70. The average Bonchev–Trinajstić information content (AvgIpc) is 3.07. The summed E-state index contributed by atoms with van der Waals surface area (Å²) in [4.78, 5) is 11.7. The van der Waals surface area contributed by atoms with Crippen molar-refractivity contribution in [1.82, 2.24) is 5.32 Å². The van der Waals surface area contributed by atoms with Crippen LogP contribution in [0.25, 0.3) is 0 Å². The van der Waals surface area contributed by atoms with E-state index in [1.54, 1.807) is 0 Å². The zero-order valence-electron chi connectivity index (χ0n) is 11.4. The molecule has 100 valence electrons. The topological polar surface area (TPSA) is 55.1 Å². The largest absolute Gasteiger partial charge is 0.354 e. The lowest BCUT2D eigenvalue weighted by molar-refractivity contribution is -0.122. The first-order chi connectivity index (χ1) is 8.15. The third-order valence-electron chi connectivity index (χ3n) is 3.72. The summed E-state index contributed by atoms with van der Waals surface area (Å²) in [6.07, 6.45) is 7.68. The van der Waals surface area contributed by atoms with E-state index in [4.69, 9.17) is 5.73 Å². The zero-order valence-corrected chi connectivity index (χ0v) is 11.4. The number of carbonyl (C=O) groups excluding carboxylic acids is 1. The molecular formula is C14H28N2O. The van der Waals surface area contributed by atoms with Gasteiger partial charge in [0, 0.05) is 12.5 Å². The van der Waals surface area contributed by atoms with Gasteiger partial charge in [-0.2, -0.15) is 0 Å². The van der Waals surface area contributed by atoms with Crippen LogP contribution in [0.2, 0.25) is 0 Å². The van der Waals surface area contributed by atoms with Gasteiger partial charge in [-0.05, 0) is 44.6 Å². The first kappa shape index (κ1) is 14.5. The lowest BCUT2D eigenvalue weighted by Crippen LogP contribution is -2.33. The zero-order chi connectivity index (χ0) is 12.7. The highest BCUT2D eigenvalue weighted by Crippen LogP contribution is 2.33. The fourth-order valence-electron chi connectivity index (χ4n) is 2.38. The van der Waals surface area contributed by atoms with Gasteiger partial charge in [0.15, 0.2) is 0 Å². The van der Waals surface area contributed by atoms with Crippen LogP contribution >= 0.6 is 0 Å². The monoisotopic (exact) mass is 240 g/mol. The molecule has 0 aromatic heterocycles. The van der Waals surface area contributed by atoms with Gasteiger partial charge in [-0.25, -0.2) is 0 Å². The third-order valence-corrected chi connectivity index (χ3v) is 3.72. The molecule has 0 spiro atoms. The molecule has 3 heteroatoms. The summed E-state index contributed by atoms with van der Waals surface area (Å²) in [5.41, 5.74) is 5.55. The lowest BCUT2D eigenvalue weighted by Gasteiger charge is -2.16. The summed E-state index contributed by atoms with van der Waals surface area (Å²) in [6, 6.07) is 0.351. The van der Waals surface area contributed by atoms with Crippen molar-refractivity contribution in [3.63, 3.8) is 0 Å². The molecule has 0 aliphatic heterocycles. The van der Waals surface area contributed by atoms with E-state index in [-0.39, 0.29) is 5.91 Å². The van der Waals surface area contributed by atoms with Crippen molar-refractivity contribution in [2.75, 3.05) is 6.54 Å². The van der Waals surface area contributed by atoms with Crippen LogP contribution in [0.1, 0.15) is 58.8 Å². The molecule has 0 aromatic rings. The normalized spacial score (nSPS) is 18.8. The summed E-state index contributed by atoms with van der Waals surface area (Å²) in [5.74, 6) is 1.71. The molecule has 3 N–H and O–H groups in total. The Morgan fingerprint density at radius 3 is 2.65 bits per heavy atom. The van der Waals surface area contributed by atoms with Gasteiger partial charge in [-0.3, -0.25) is 4.79 Å². The van der Waals surface area contributed by atoms with Crippen molar-refractivity contribution in [3.05, 3.63) is 0 Å². The molecule has 1 aliphatic carbocycles. The van der Waals surface area contributed by atoms with Crippen molar-refractivity contribution < 1.29 is 4.79 Å². The van der Waals surface area contributed by atoms with Crippen LogP contribution in [0.3, 0.4) is 0 Å². The summed E-state index contributed by atoms with van der Waals surface area (Å²) in [7, 11) is 0. The Hall–Kier alpha value is -0.570. The van der Waals surface area contributed by atoms with E-state index in [1.165, 1.54) is 12.8 Å². The van der Waals surface area contributed by atoms with E-state index >= 15 is 0 Å². The fraction of sp³-hybridized carbons (Fsp3) is 0.929. The van der Waals surface area contributed by atoms with E-state index < -0.39 is 0 Å². The number of nitrogens with two attached hydrogens (primary N) is 1. The maximum absolute atomic E-state index is 11.7. The molecule has 3 nitrogen and oxygen atoms in total. The predicted octanol–water partition coefficient (Wildman–Crippen LogP) is 2.45. The van der Waals surface area contributed by atoms with Crippen LogP contribution in [0.4, 0.5) is 0 Å². The highest BCUT2D eigenvalue weighted by atomic mass is 16.1. The number of carbonyl (C=O) groups is 1. The molecule has 1 amide bonds. The van der Waals surface area contributed by atoms with Crippen LogP contribution in [-0.2, 0) is 4.79 Å². The molecule has 2 unspecified atom stereocenters. The van der Waals surface area contributed by atoms with Gasteiger partial charge < -0.3 is 11.1 Å². The minimum atomic E-state index is 0.216. The molecule has 0 heterocycles. The Labute approximate surface area is 106 Å². The van der Waals surface area contributed by atoms with E-state index in [0.29, 0.717) is 18.4 Å². The number of hydrogen-bond donors (Lipinski definition) is 2. The molecular weight excluding hydrogens is 212 g/mol. The summed E-state index contributed by atoms with van der Waals surface area (Å²) in [5, 5.41) is 3.10. The molecule has 0 saturated heterocycles. The van der Waals surface area contributed by atoms with Gasteiger partial charge in [-0.15, -0.1) is 0 Å². The van der Waals surface area contributed by atoms with Crippen LogP contribution < -0.4 is 11.1 Å². The van der Waals surface area contributed by atoms with E-state index in [1.807, 2.05) is 0 Å². The quantitative estimate of drug-likeness (QED) is 0.650. The minimum absolute atomic E-state index is 0.216. The average molecular weight is 240 g/mol. The smallest absolute Gasteiger partial charge is 0.220 e. The number of hydrogen-bond acceptors (Lipinski definition) is 2. The van der Waals surface area contributed by atoms with Gasteiger partial charge in [-0.1, -0.05) is 26.2 Å². The highest BCUT2D eigenvalue weighted by Gasteiger charge is 2.24. The van der Waals surface area contributed by atoms with Gasteiger partial charge in [0.2, 0.25) is 5.91 Å². The van der Waals surface area contributed by atoms with Gasteiger partial charge in [0.25, 0.3) is 0 Å². The van der Waals surface area contributed by atoms with Crippen LogP contribution in [-0.4, -0.2) is 18.5 Å². The molecule has 0 bridgehead atoms. The maximum atomic E-state index is 11.7. The van der Waals surface area contributed by atoms with Gasteiger partial charge >= 0.3 is 0 Å². The molecule has 0 aromatic carbocycles. The Balaban J connectivity index is 2.09. The predicted molar refractivity (Wildman–Crippen MR) is 71.6 cm³/mol.